The highest BCUT2D eigenvalue weighted by molar-refractivity contribution is 7.98. The minimum atomic E-state index is -3.71. The van der Waals surface area contributed by atoms with Crippen LogP contribution < -0.4 is 19.1 Å². The minimum Gasteiger partial charge on any atom is -0.497 e. The van der Waals surface area contributed by atoms with Gasteiger partial charge < -0.3 is 14.8 Å². The van der Waals surface area contributed by atoms with Crippen molar-refractivity contribution in [2.45, 2.75) is 5.75 Å². The molecule has 164 valence electrons. The number of nitrogens with zero attached hydrogens (tertiary/aromatic N) is 1. The van der Waals surface area contributed by atoms with Crippen molar-refractivity contribution in [3.8, 4) is 11.5 Å². The Labute approximate surface area is 186 Å². The third-order valence-corrected chi connectivity index (χ3v) is 6.63. The van der Waals surface area contributed by atoms with Gasteiger partial charge >= 0.3 is 0 Å². The number of hydrogen-bond donors (Lipinski definition) is 1. The van der Waals surface area contributed by atoms with Crippen LogP contribution in [0.1, 0.15) is 5.56 Å². The number of rotatable bonds is 11. The van der Waals surface area contributed by atoms with Crippen LogP contribution in [-0.2, 0) is 20.6 Å². The van der Waals surface area contributed by atoms with Gasteiger partial charge in [-0.2, -0.15) is 11.8 Å². The van der Waals surface area contributed by atoms with Crippen LogP contribution in [0.15, 0.2) is 42.5 Å². The Balaban J connectivity index is 1.94. The highest BCUT2D eigenvalue weighted by Crippen LogP contribution is 2.33. The van der Waals surface area contributed by atoms with Gasteiger partial charge in [-0.25, -0.2) is 8.42 Å². The predicted molar refractivity (Wildman–Crippen MR) is 122 cm³/mol. The summed E-state index contributed by atoms with van der Waals surface area (Å²) in [4.78, 5) is 12.4. The Hall–Kier alpha value is -2.10. The van der Waals surface area contributed by atoms with Crippen LogP contribution in [-0.4, -0.2) is 53.6 Å². The Morgan fingerprint density at radius 2 is 1.90 bits per heavy atom. The Morgan fingerprint density at radius 3 is 2.53 bits per heavy atom. The summed E-state index contributed by atoms with van der Waals surface area (Å²) < 4.78 is 36.0. The first kappa shape index (κ1) is 24.2. The van der Waals surface area contributed by atoms with E-state index in [0.717, 1.165) is 21.9 Å². The lowest BCUT2D eigenvalue weighted by Gasteiger charge is -2.24. The molecule has 0 aliphatic rings. The highest BCUT2D eigenvalue weighted by atomic mass is 35.5. The number of nitrogens with one attached hydrogen (secondary N) is 1. The summed E-state index contributed by atoms with van der Waals surface area (Å²) in [7, 11) is -0.784. The number of ether oxygens (including phenoxy) is 2. The van der Waals surface area contributed by atoms with E-state index >= 15 is 0 Å². The lowest BCUT2D eigenvalue weighted by molar-refractivity contribution is -0.119. The number of benzene rings is 2. The first-order valence-electron chi connectivity index (χ1n) is 9.04. The molecule has 0 saturated carbocycles. The van der Waals surface area contributed by atoms with Crippen LogP contribution >= 0.6 is 23.4 Å². The molecule has 0 bridgehead atoms. The molecule has 10 heteroatoms. The fraction of sp³-hybridized carbons (Fsp3) is 0.350. The number of carbonyl (C=O) groups is 1. The zero-order valence-corrected chi connectivity index (χ0v) is 19.4. The number of sulfonamides is 1. The van der Waals surface area contributed by atoms with Crippen molar-refractivity contribution >= 4 is 45.0 Å². The maximum Gasteiger partial charge on any atom is 0.240 e. The largest absolute Gasteiger partial charge is 0.497 e. The summed E-state index contributed by atoms with van der Waals surface area (Å²) in [6.45, 7) is 0.0575. The number of methoxy groups -OCH3 is 2. The van der Waals surface area contributed by atoms with E-state index in [1.165, 1.54) is 14.2 Å². The van der Waals surface area contributed by atoms with E-state index in [0.29, 0.717) is 28.8 Å². The van der Waals surface area contributed by atoms with E-state index in [4.69, 9.17) is 21.1 Å². The molecule has 1 amide bonds. The van der Waals surface area contributed by atoms with E-state index in [1.807, 2.05) is 24.3 Å². The number of thioether (sulfide) groups is 1. The number of carbonyl (C=O) groups excluding carboxylic acids is 1. The molecule has 0 atom stereocenters. The SMILES string of the molecule is COc1ccc(N(CC(=O)NCCSCc2ccccc2Cl)S(C)(=O)=O)c(OC)c1. The van der Waals surface area contributed by atoms with Crippen molar-refractivity contribution in [1.29, 1.82) is 0 Å². The van der Waals surface area contributed by atoms with Gasteiger partial charge in [0.25, 0.3) is 0 Å². The molecule has 30 heavy (non-hydrogen) atoms. The average molecular weight is 473 g/mol. The van der Waals surface area contributed by atoms with E-state index in [9.17, 15) is 13.2 Å². The summed E-state index contributed by atoms with van der Waals surface area (Å²) in [5, 5.41) is 3.47. The molecule has 0 aliphatic carbocycles. The van der Waals surface area contributed by atoms with Gasteiger partial charge in [0.1, 0.15) is 18.0 Å². The molecular formula is C20H25ClN2O5S2. The van der Waals surface area contributed by atoms with Crippen molar-refractivity contribution in [3.05, 3.63) is 53.1 Å². The first-order chi connectivity index (χ1) is 14.3. The number of hydrogen-bond acceptors (Lipinski definition) is 6. The molecule has 0 aromatic heterocycles. The van der Waals surface area contributed by atoms with Crippen LogP contribution in [0.5, 0.6) is 11.5 Å². The zero-order valence-electron chi connectivity index (χ0n) is 17.1. The van der Waals surface area contributed by atoms with Crippen LogP contribution in [0, 0.1) is 0 Å². The number of anilines is 1. The van der Waals surface area contributed by atoms with Gasteiger partial charge in [-0.15, -0.1) is 0 Å². The fourth-order valence-electron chi connectivity index (χ4n) is 2.62. The summed E-state index contributed by atoms with van der Waals surface area (Å²) in [6.07, 6.45) is 1.05. The second-order valence-electron chi connectivity index (χ2n) is 6.30. The minimum absolute atomic E-state index is 0.268. The second kappa shape index (κ2) is 11.3. The van der Waals surface area contributed by atoms with Gasteiger partial charge in [0.2, 0.25) is 15.9 Å². The molecule has 0 heterocycles. The monoisotopic (exact) mass is 472 g/mol. The van der Waals surface area contributed by atoms with Gasteiger partial charge in [0.05, 0.1) is 26.2 Å². The van der Waals surface area contributed by atoms with Crippen LogP contribution in [0.3, 0.4) is 0 Å². The third-order valence-electron chi connectivity index (χ3n) is 4.13. The maximum atomic E-state index is 12.4. The topological polar surface area (TPSA) is 84.9 Å². The molecule has 1 N–H and O–H groups in total. The van der Waals surface area contributed by atoms with Gasteiger partial charge in [-0.05, 0) is 23.8 Å². The molecular weight excluding hydrogens is 448 g/mol. The summed E-state index contributed by atoms with van der Waals surface area (Å²) in [5.41, 5.74) is 1.30. The standard InChI is InChI=1S/C20H25ClN2O5S2/c1-27-16-8-9-18(19(12-16)28-2)23(30(3,25)26)13-20(24)22-10-11-29-14-15-6-4-5-7-17(15)21/h4-9,12H,10-11,13-14H2,1-3H3,(H,22,24). The van der Waals surface area contributed by atoms with E-state index < -0.39 is 15.9 Å². The molecule has 7 nitrogen and oxygen atoms in total. The lowest BCUT2D eigenvalue weighted by Crippen LogP contribution is -2.41. The maximum absolute atomic E-state index is 12.4. The van der Waals surface area contributed by atoms with Crippen LogP contribution in [0.2, 0.25) is 5.02 Å². The summed E-state index contributed by atoms with van der Waals surface area (Å²) in [6, 6.07) is 12.3. The van der Waals surface area contributed by atoms with Gasteiger partial charge in [-0.1, -0.05) is 29.8 Å². The molecule has 2 aromatic carbocycles. The van der Waals surface area contributed by atoms with Crippen molar-refractivity contribution < 1.29 is 22.7 Å². The molecule has 0 unspecified atom stereocenters. The second-order valence-corrected chi connectivity index (χ2v) is 9.72. The Morgan fingerprint density at radius 1 is 1.17 bits per heavy atom. The zero-order chi connectivity index (χ0) is 22.1. The molecule has 2 rings (SSSR count). The molecule has 0 spiro atoms. The predicted octanol–water partition coefficient (Wildman–Crippen LogP) is 3.17. The highest BCUT2D eigenvalue weighted by Gasteiger charge is 2.24. The van der Waals surface area contributed by atoms with E-state index in [2.05, 4.69) is 5.32 Å². The lowest BCUT2D eigenvalue weighted by atomic mass is 10.2. The van der Waals surface area contributed by atoms with Crippen molar-refractivity contribution in [1.82, 2.24) is 5.32 Å². The van der Waals surface area contributed by atoms with Crippen molar-refractivity contribution in [2.24, 2.45) is 0 Å². The van der Waals surface area contributed by atoms with Gasteiger partial charge in [-0.3, -0.25) is 9.10 Å². The van der Waals surface area contributed by atoms with Crippen LogP contribution in [0.25, 0.3) is 0 Å². The third kappa shape index (κ3) is 7.00. The quantitative estimate of drug-likeness (QED) is 0.505. The molecule has 0 saturated heterocycles. The van der Waals surface area contributed by atoms with Gasteiger partial charge in [0, 0.05) is 29.1 Å². The first-order valence-corrected chi connectivity index (χ1v) is 12.4. The molecule has 0 radical (unpaired) electrons. The summed E-state index contributed by atoms with van der Waals surface area (Å²) >= 11 is 7.75. The molecule has 0 fully saturated rings. The van der Waals surface area contributed by atoms with Crippen LogP contribution in [0.4, 0.5) is 5.69 Å². The van der Waals surface area contributed by atoms with Crippen molar-refractivity contribution in [3.63, 3.8) is 0 Å². The Kier molecular flexibility index (Phi) is 9.13. The fourth-order valence-corrected chi connectivity index (χ4v) is 4.62. The van der Waals surface area contributed by atoms with Crippen molar-refractivity contribution in [2.75, 3.05) is 43.6 Å². The smallest absolute Gasteiger partial charge is 0.240 e. The number of halogens is 1. The summed E-state index contributed by atoms with van der Waals surface area (Å²) in [5.74, 6) is 1.80. The van der Waals surface area contributed by atoms with E-state index in [-0.39, 0.29) is 12.2 Å². The normalized spacial score (nSPS) is 11.1. The van der Waals surface area contributed by atoms with E-state index in [1.54, 1.807) is 30.0 Å². The average Bonchev–Trinajstić information content (AvgIpc) is 2.71. The number of amides is 1. The Bertz CT molecular complexity index is 969. The molecule has 2 aromatic rings. The molecule has 0 aliphatic heterocycles. The van der Waals surface area contributed by atoms with Gasteiger partial charge in [0.15, 0.2) is 0 Å².